The van der Waals surface area contributed by atoms with Crippen LogP contribution in [0.15, 0.2) is 40.2 Å². The Morgan fingerprint density at radius 3 is 2.20 bits per heavy atom. The second-order valence-corrected chi connectivity index (χ2v) is 13.4. The molecule has 0 unspecified atom stereocenters. The summed E-state index contributed by atoms with van der Waals surface area (Å²) in [7, 11) is 0. The molecule has 0 atom stereocenters. The molecule has 8 nitrogen and oxygen atoms in total. The van der Waals surface area contributed by atoms with Gasteiger partial charge < -0.3 is 15.3 Å². The van der Waals surface area contributed by atoms with E-state index in [1.165, 1.54) is 30.7 Å². The molecule has 41 heavy (non-hydrogen) atoms. The quantitative estimate of drug-likeness (QED) is 0.346. The first-order valence-corrected chi connectivity index (χ1v) is 15.0. The maximum atomic E-state index is 13.8. The van der Waals surface area contributed by atoms with E-state index >= 15 is 0 Å². The molecule has 0 bridgehead atoms. The molecule has 0 spiro atoms. The zero-order valence-corrected chi connectivity index (χ0v) is 26.0. The van der Waals surface area contributed by atoms with Gasteiger partial charge in [0.15, 0.2) is 0 Å². The highest BCUT2D eigenvalue weighted by molar-refractivity contribution is 6.45. The number of benzene rings is 1. The van der Waals surface area contributed by atoms with E-state index in [1.807, 2.05) is 53.7 Å². The molecule has 2 aliphatic carbocycles. The summed E-state index contributed by atoms with van der Waals surface area (Å²) in [6, 6.07) is 5.56. The number of hydrogen-bond donors (Lipinski definition) is 2. The number of carbonyl (C=O) groups excluding carboxylic acids is 3. The molecule has 0 saturated heterocycles. The van der Waals surface area contributed by atoms with Crippen LogP contribution < -0.4 is 10.2 Å². The lowest BCUT2D eigenvalue weighted by Gasteiger charge is -2.29. The summed E-state index contributed by atoms with van der Waals surface area (Å²) in [4.78, 5) is 42.6. The van der Waals surface area contributed by atoms with Crippen molar-refractivity contribution in [3.05, 3.63) is 40.7 Å². The molecular formula is C33H46N4O4. The Balaban J connectivity index is 1.75. The summed E-state index contributed by atoms with van der Waals surface area (Å²) in [6.45, 7) is 17.1. The minimum atomic E-state index is -0.596. The molecule has 1 aromatic rings. The van der Waals surface area contributed by atoms with E-state index in [9.17, 15) is 19.5 Å². The molecule has 3 aliphatic rings. The number of nitrogens with zero attached hydrogens (tertiary/aromatic N) is 3. The van der Waals surface area contributed by atoms with Gasteiger partial charge in [-0.15, -0.1) is 0 Å². The first-order valence-electron chi connectivity index (χ1n) is 15.0. The van der Waals surface area contributed by atoms with Crippen LogP contribution in [0.5, 0.6) is 0 Å². The Hall–Kier alpha value is -3.42. The average Bonchev–Trinajstić information content (AvgIpc) is 3.53. The SMILES string of the molecule is CCN(CC)c1ccc(C2=C(O)/C(=C3/C(=O)N(C(C)(C)C)N=C3C(C)(C)C)C2=O)c(NC(=O)CCC2CCCC2)c1. The number of aliphatic hydroxyl groups excluding tert-OH is 1. The van der Waals surface area contributed by atoms with Gasteiger partial charge in [-0.3, -0.25) is 14.4 Å². The summed E-state index contributed by atoms with van der Waals surface area (Å²) >= 11 is 0. The molecule has 1 heterocycles. The lowest BCUT2D eigenvalue weighted by Crippen LogP contribution is -2.40. The van der Waals surface area contributed by atoms with Crippen LogP contribution in [0.4, 0.5) is 11.4 Å². The predicted molar refractivity (Wildman–Crippen MR) is 165 cm³/mol. The normalized spacial score (nSPS) is 20.1. The van der Waals surface area contributed by atoms with Gasteiger partial charge >= 0.3 is 0 Å². The Labute approximate surface area is 244 Å². The van der Waals surface area contributed by atoms with Crippen molar-refractivity contribution in [3.8, 4) is 0 Å². The molecule has 2 N–H and O–H groups in total. The van der Waals surface area contributed by atoms with Crippen molar-refractivity contribution in [1.29, 1.82) is 0 Å². The van der Waals surface area contributed by atoms with Gasteiger partial charge in [-0.2, -0.15) is 5.10 Å². The van der Waals surface area contributed by atoms with E-state index in [4.69, 9.17) is 0 Å². The fraction of sp³-hybridized carbons (Fsp3) is 0.576. The average molecular weight is 563 g/mol. The standard InChI is InChI=1S/C33H46N4O4/c1-9-36(10-2)21-16-17-22(23(19-21)34-24(38)18-15-20-13-11-12-14-20)25-28(39)26(29(25)40)27-30(32(3,4)5)35-37(31(27)41)33(6,7)8/h16-17,19-20,39H,9-15,18H2,1-8H3,(H,34,38)/b27-26-. The van der Waals surface area contributed by atoms with Gasteiger partial charge in [-0.05, 0) is 65.2 Å². The van der Waals surface area contributed by atoms with Crippen LogP contribution in [0, 0.1) is 11.3 Å². The molecule has 222 valence electrons. The summed E-state index contributed by atoms with van der Waals surface area (Å²) in [5.74, 6) is -0.562. The molecular weight excluding hydrogens is 516 g/mol. The van der Waals surface area contributed by atoms with Crippen molar-refractivity contribution in [2.75, 3.05) is 23.3 Å². The van der Waals surface area contributed by atoms with Gasteiger partial charge in [0.25, 0.3) is 5.91 Å². The van der Waals surface area contributed by atoms with Crippen molar-refractivity contribution < 1.29 is 19.5 Å². The summed E-state index contributed by atoms with van der Waals surface area (Å²) in [5.41, 5.74) is 1.47. The summed E-state index contributed by atoms with van der Waals surface area (Å²) < 4.78 is 0. The molecule has 8 heteroatoms. The van der Waals surface area contributed by atoms with Crippen molar-refractivity contribution in [2.45, 2.75) is 99.5 Å². The number of rotatable bonds is 8. The van der Waals surface area contributed by atoms with Gasteiger partial charge in [0, 0.05) is 36.2 Å². The first-order chi connectivity index (χ1) is 19.2. The predicted octanol–water partition coefficient (Wildman–Crippen LogP) is 6.63. The van der Waals surface area contributed by atoms with E-state index in [0.29, 0.717) is 29.3 Å². The second kappa shape index (κ2) is 11.5. The van der Waals surface area contributed by atoms with Crippen LogP contribution in [0.25, 0.3) is 5.57 Å². The van der Waals surface area contributed by atoms with Gasteiger partial charge in [0.05, 0.1) is 33.7 Å². The number of nitrogens with one attached hydrogen (secondary N) is 1. The van der Waals surface area contributed by atoms with Crippen LogP contribution in [-0.2, 0) is 14.4 Å². The van der Waals surface area contributed by atoms with Crippen molar-refractivity contribution >= 4 is 40.3 Å². The van der Waals surface area contributed by atoms with Crippen molar-refractivity contribution in [2.24, 2.45) is 16.4 Å². The smallest absolute Gasteiger partial charge is 0.277 e. The van der Waals surface area contributed by atoms with E-state index in [-0.39, 0.29) is 28.4 Å². The third kappa shape index (κ3) is 5.97. The van der Waals surface area contributed by atoms with E-state index in [1.54, 1.807) is 6.07 Å². The molecule has 4 rings (SSSR count). The second-order valence-electron chi connectivity index (χ2n) is 13.4. The van der Waals surface area contributed by atoms with Crippen molar-refractivity contribution in [1.82, 2.24) is 5.01 Å². The lowest BCUT2D eigenvalue weighted by molar-refractivity contribution is -0.130. The molecule has 1 fully saturated rings. The minimum Gasteiger partial charge on any atom is -0.506 e. The van der Waals surface area contributed by atoms with Gasteiger partial charge in [0.2, 0.25) is 11.7 Å². The minimum absolute atomic E-state index is 0.00301. The van der Waals surface area contributed by atoms with E-state index < -0.39 is 22.6 Å². The van der Waals surface area contributed by atoms with Crippen LogP contribution in [0.3, 0.4) is 0 Å². The number of allylic oxidation sites excluding steroid dienone is 2. The van der Waals surface area contributed by atoms with Crippen molar-refractivity contribution in [3.63, 3.8) is 0 Å². The van der Waals surface area contributed by atoms with Gasteiger partial charge in [-0.25, -0.2) is 5.01 Å². The van der Waals surface area contributed by atoms with Crippen LogP contribution in [-0.4, -0.2) is 52.1 Å². The Bertz CT molecular complexity index is 1330. The highest BCUT2D eigenvalue weighted by atomic mass is 16.3. The number of hydrazone groups is 1. The summed E-state index contributed by atoms with van der Waals surface area (Å²) in [5, 5.41) is 20.4. The zero-order chi connectivity index (χ0) is 30.3. The summed E-state index contributed by atoms with van der Waals surface area (Å²) in [6.07, 6.45) is 6.07. The maximum absolute atomic E-state index is 13.8. The highest BCUT2D eigenvalue weighted by Crippen LogP contribution is 2.45. The third-order valence-electron chi connectivity index (χ3n) is 8.30. The van der Waals surface area contributed by atoms with Gasteiger partial charge in [-0.1, -0.05) is 46.5 Å². The third-order valence-corrected chi connectivity index (χ3v) is 8.30. The lowest BCUT2D eigenvalue weighted by atomic mass is 9.75. The zero-order valence-electron chi connectivity index (χ0n) is 26.0. The number of carbonyl (C=O) groups is 3. The van der Waals surface area contributed by atoms with Gasteiger partial charge in [0.1, 0.15) is 5.76 Å². The number of ketones is 1. The molecule has 1 saturated carbocycles. The number of amides is 2. The monoisotopic (exact) mass is 562 g/mol. The van der Waals surface area contributed by atoms with Crippen LogP contribution >= 0.6 is 0 Å². The molecule has 0 aromatic heterocycles. The first kappa shape index (κ1) is 30.5. The van der Waals surface area contributed by atoms with E-state index in [0.717, 1.165) is 25.2 Å². The van der Waals surface area contributed by atoms with Crippen LogP contribution in [0.2, 0.25) is 0 Å². The van der Waals surface area contributed by atoms with E-state index in [2.05, 4.69) is 29.2 Å². The Kier molecular flexibility index (Phi) is 8.53. The Morgan fingerprint density at radius 1 is 1.02 bits per heavy atom. The number of aliphatic hydroxyl groups is 1. The maximum Gasteiger partial charge on any atom is 0.277 e. The highest BCUT2D eigenvalue weighted by Gasteiger charge is 2.48. The topological polar surface area (TPSA) is 102 Å². The molecule has 1 aromatic carbocycles. The fourth-order valence-electron chi connectivity index (χ4n) is 5.98. The van der Waals surface area contributed by atoms with Crippen LogP contribution in [0.1, 0.15) is 99.5 Å². The largest absolute Gasteiger partial charge is 0.506 e. The number of Topliss-reactive ketones (excluding diaryl/α,β-unsaturated/α-hetero) is 1. The molecule has 0 radical (unpaired) electrons. The Morgan fingerprint density at radius 2 is 1.66 bits per heavy atom. The molecule has 1 aliphatic heterocycles. The fourth-order valence-corrected chi connectivity index (χ4v) is 5.98. The number of anilines is 2. The number of hydrogen-bond acceptors (Lipinski definition) is 6. The molecule has 2 amide bonds.